The van der Waals surface area contributed by atoms with Crippen molar-refractivity contribution in [3.05, 3.63) is 0 Å². The minimum absolute atomic E-state index is 0.356. The summed E-state index contributed by atoms with van der Waals surface area (Å²) in [6.07, 6.45) is 2.99. The summed E-state index contributed by atoms with van der Waals surface area (Å²) in [5, 5.41) is 9.83. The highest BCUT2D eigenvalue weighted by molar-refractivity contribution is 4.68. The van der Waals surface area contributed by atoms with E-state index in [0.29, 0.717) is 12.6 Å². The first-order valence-electron chi connectivity index (χ1n) is 6.65. The minimum atomic E-state index is -0.356. The number of hydrogen-bond acceptors (Lipinski definition) is 3. The standard InChI is InChI=1S/C13H29NO2/c1-5-8-9-16-11-13(15)10-14(7-3)12(4)6-2/h12-13,15H,5-11H2,1-4H3. The molecule has 0 heterocycles. The highest BCUT2D eigenvalue weighted by atomic mass is 16.5. The van der Waals surface area contributed by atoms with Crippen LogP contribution in [-0.4, -0.2) is 48.5 Å². The van der Waals surface area contributed by atoms with E-state index < -0.39 is 0 Å². The number of aliphatic hydroxyl groups excluding tert-OH is 1. The Kier molecular flexibility index (Phi) is 9.99. The lowest BCUT2D eigenvalue weighted by Gasteiger charge is -2.29. The Labute approximate surface area is 101 Å². The Balaban J connectivity index is 3.69. The van der Waals surface area contributed by atoms with Gasteiger partial charge >= 0.3 is 0 Å². The summed E-state index contributed by atoms with van der Waals surface area (Å²) in [5.74, 6) is 0. The van der Waals surface area contributed by atoms with Crippen LogP contribution in [0, 0.1) is 0 Å². The second-order valence-electron chi connectivity index (χ2n) is 4.43. The molecule has 0 aromatic carbocycles. The van der Waals surface area contributed by atoms with Crippen molar-refractivity contribution in [2.45, 2.75) is 59.1 Å². The van der Waals surface area contributed by atoms with Crippen LogP contribution in [0.15, 0.2) is 0 Å². The Hall–Kier alpha value is -0.120. The van der Waals surface area contributed by atoms with Crippen molar-refractivity contribution in [3.63, 3.8) is 0 Å². The van der Waals surface area contributed by atoms with Gasteiger partial charge in [0.2, 0.25) is 0 Å². The van der Waals surface area contributed by atoms with Crippen LogP contribution >= 0.6 is 0 Å². The Morgan fingerprint density at radius 2 is 1.94 bits per heavy atom. The maximum absolute atomic E-state index is 9.83. The molecule has 0 saturated heterocycles. The van der Waals surface area contributed by atoms with Gasteiger partial charge in [-0.05, 0) is 26.3 Å². The summed E-state index contributed by atoms with van der Waals surface area (Å²) in [6, 6.07) is 0.537. The van der Waals surface area contributed by atoms with Crippen molar-refractivity contribution in [1.29, 1.82) is 0 Å². The average molecular weight is 231 g/mol. The van der Waals surface area contributed by atoms with Crippen molar-refractivity contribution >= 4 is 0 Å². The van der Waals surface area contributed by atoms with Gasteiger partial charge < -0.3 is 9.84 Å². The van der Waals surface area contributed by atoms with E-state index in [4.69, 9.17) is 4.74 Å². The van der Waals surface area contributed by atoms with Gasteiger partial charge in [-0.3, -0.25) is 4.90 Å². The molecular weight excluding hydrogens is 202 g/mol. The van der Waals surface area contributed by atoms with Crippen LogP contribution in [-0.2, 0) is 4.74 Å². The minimum Gasteiger partial charge on any atom is -0.389 e. The highest BCUT2D eigenvalue weighted by Crippen LogP contribution is 2.04. The molecule has 0 amide bonds. The molecule has 16 heavy (non-hydrogen) atoms. The largest absolute Gasteiger partial charge is 0.389 e. The second kappa shape index (κ2) is 10.1. The number of likely N-dealkylation sites (N-methyl/N-ethyl adjacent to an activating group) is 1. The summed E-state index contributed by atoms with van der Waals surface area (Å²) in [4.78, 5) is 2.30. The van der Waals surface area contributed by atoms with E-state index in [0.717, 1.165) is 39.0 Å². The summed E-state index contributed by atoms with van der Waals surface area (Å²) >= 11 is 0. The molecule has 0 aliphatic carbocycles. The molecule has 0 radical (unpaired) electrons. The fourth-order valence-electron chi connectivity index (χ4n) is 1.67. The molecule has 3 heteroatoms. The Bertz CT molecular complexity index is 153. The first kappa shape index (κ1) is 15.9. The molecule has 0 aliphatic heterocycles. The van der Waals surface area contributed by atoms with Gasteiger partial charge in [0, 0.05) is 19.2 Å². The van der Waals surface area contributed by atoms with Gasteiger partial charge in [0.05, 0.1) is 12.7 Å². The molecule has 2 atom stereocenters. The fraction of sp³-hybridized carbons (Fsp3) is 1.00. The van der Waals surface area contributed by atoms with Gasteiger partial charge in [-0.15, -0.1) is 0 Å². The zero-order valence-corrected chi connectivity index (χ0v) is 11.4. The monoisotopic (exact) mass is 231 g/mol. The first-order valence-corrected chi connectivity index (χ1v) is 6.65. The van der Waals surface area contributed by atoms with Gasteiger partial charge in [0.1, 0.15) is 0 Å². The van der Waals surface area contributed by atoms with Gasteiger partial charge in [-0.25, -0.2) is 0 Å². The third-order valence-corrected chi connectivity index (χ3v) is 3.02. The number of unbranched alkanes of at least 4 members (excludes halogenated alkanes) is 1. The van der Waals surface area contributed by atoms with E-state index in [1.165, 1.54) is 0 Å². The molecule has 1 N–H and O–H groups in total. The van der Waals surface area contributed by atoms with Crippen LogP contribution in [0.5, 0.6) is 0 Å². The number of aliphatic hydroxyl groups is 1. The average Bonchev–Trinajstić information content (AvgIpc) is 2.30. The van der Waals surface area contributed by atoms with Crippen molar-refractivity contribution in [2.24, 2.45) is 0 Å². The third kappa shape index (κ3) is 7.20. The summed E-state index contributed by atoms with van der Waals surface area (Å²) in [5.41, 5.74) is 0. The highest BCUT2D eigenvalue weighted by Gasteiger charge is 2.14. The van der Waals surface area contributed by atoms with Gasteiger partial charge in [-0.1, -0.05) is 27.2 Å². The molecule has 0 spiro atoms. The normalized spacial score (nSPS) is 15.4. The van der Waals surface area contributed by atoms with E-state index in [1.54, 1.807) is 0 Å². The lowest BCUT2D eigenvalue weighted by Crippen LogP contribution is -2.40. The second-order valence-corrected chi connectivity index (χ2v) is 4.43. The van der Waals surface area contributed by atoms with Crippen molar-refractivity contribution in [1.82, 2.24) is 4.90 Å². The number of hydrogen-bond donors (Lipinski definition) is 1. The van der Waals surface area contributed by atoms with Crippen LogP contribution in [0.1, 0.15) is 47.0 Å². The van der Waals surface area contributed by atoms with E-state index in [1.807, 2.05) is 0 Å². The molecule has 0 aliphatic rings. The van der Waals surface area contributed by atoms with Crippen LogP contribution in [0.4, 0.5) is 0 Å². The predicted octanol–water partition coefficient (Wildman–Crippen LogP) is 2.28. The molecule has 0 fully saturated rings. The molecule has 0 rings (SSSR count). The first-order chi connectivity index (χ1) is 7.65. The topological polar surface area (TPSA) is 32.7 Å². The quantitative estimate of drug-likeness (QED) is 0.586. The molecule has 98 valence electrons. The molecule has 0 aromatic rings. The van der Waals surface area contributed by atoms with Gasteiger partial charge in [0.15, 0.2) is 0 Å². The smallest absolute Gasteiger partial charge is 0.0900 e. The molecule has 0 saturated carbocycles. The van der Waals surface area contributed by atoms with Crippen LogP contribution < -0.4 is 0 Å². The Morgan fingerprint density at radius 1 is 1.25 bits per heavy atom. The van der Waals surface area contributed by atoms with Crippen molar-refractivity contribution < 1.29 is 9.84 Å². The van der Waals surface area contributed by atoms with E-state index in [-0.39, 0.29) is 6.10 Å². The molecule has 2 unspecified atom stereocenters. The van der Waals surface area contributed by atoms with Crippen LogP contribution in [0.2, 0.25) is 0 Å². The number of rotatable bonds is 10. The Morgan fingerprint density at radius 3 is 2.44 bits per heavy atom. The SMILES string of the molecule is CCCCOCC(O)CN(CC)C(C)CC. The fourth-order valence-corrected chi connectivity index (χ4v) is 1.67. The van der Waals surface area contributed by atoms with E-state index >= 15 is 0 Å². The van der Waals surface area contributed by atoms with Gasteiger partial charge in [0.25, 0.3) is 0 Å². The summed E-state index contributed by atoms with van der Waals surface area (Å²) in [6.45, 7) is 11.6. The maximum Gasteiger partial charge on any atom is 0.0900 e. The molecule has 0 bridgehead atoms. The third-order valence-electron chi connectivity index (χ3n) is 3.02. The molecule has 3 nitrogen and oxygen atoms in total. The molecular formula is C13H29NO2. The lowest BCUT2D eigenvalue weighted by atomic mass is 10.2. The zero-order valence-electron chi connectivity index (χ0n) is 11.4. The van der Waals surface area contributed by atoms with Crippen LogP contribution in [0.3, 0.4) is 0 Å². The lowest BCUT2D eigenvalue weighted by molar-refractivity contribution is 0.00985. The maximum atomic E-state index is 9.83. The predicted molar refractivity (Wildman–Crippen MR) is 68.7 cm³/mol. The summed E-state index contributed by atoms with van der Waals surface area (Å²) in [7, 11) is 0. The number of nitrogens with zero attached hydrogens (tertiary/aromatic N) is 1. The van der Waals surface area contributed by atoms with Crippen molar-refractivity contribution in [3.8, 4) is 0 Å². The van der Waals surface area contributed by atoms with Gasteiger partial charge in [-0.2, -0.15) is 0 Å². The zero-order chi connectivity index (χ0) is 12.4. The van der Waals surface area contributed by atoms with Crippen molar-refractivity contribution in [2.75, 3.05) is 26.3 Å². The molecule has 0 aromatic heterocycles. The van der Waals surface area contributed by atoms with E-state index in [9.17, 15) is 5.11 Å². The van der Waals surface area contributed by atoms with Crippen LogP contribution in [0.25, 0.3) is 0 Å². The van der Waals surface area contributed by atoms with E-state index in [2.05, 4.69) is 32.6 Å². The summed E-state index contributed by atoms with van der Waals surface area (Å²) < 4.78 is 5.42. The number of ether oxygens (including phenoxy) is 1.